The summed E-state index contributed by atoms with van der Waals surface area (Å²) in [6, 6.07) is 15.5. The molecule has 2 atom stereocenters. The van der Waals surface area contributed by atoms with Crippen LogP contribution in [0.5, 0.6) is 5.75 Å². The molecule has 3 rings (SSSR count). The Kier molecular flexibility index (Phi) is 12.4. The molecule has 0 saturated carbocycles. The van der Waals surface area contributed by atoms with Crippen LogP contribution in [0.2, 0.25) is 0 Å². The zero-order chi connectivity index (χ0) is 34.7. The van der Waals surface area contributed by atoms with Crippen molar-refractivity contribution in [3.8, 4) is 11.8 Å². The van der Waals surface area contributed by atoms with E-state index in [0.717, 1.165) is 11.1 Å². The molecule has 0 bridgehead atoms. The third-order valence-corrected chi connectivity index (χ3v) is 6.76. The Hall–Kier alpha value is -5.44. The van der Waals surface area contributed by atoms with Crippen molar-refractivity contribution in [2.45, 2.75) is 72.6 Å². The molecule has 0 aliphatic rings. The number of rotatable bonds is 13. The number of amides is 4. The molecule has 0 fully saturated rings. The van der Waals surface area contributed by atoms with Crippen LogP contribution in [0.25, 0.3) is 6.08 Å². The molecule has 12 heteroatoms. The summed E-state index contributed by atoms with van der Waals surface area (Å²) in [5, 5.41) is 24.3. The van der Waals surface area contributed by atoms with Crippen LogP contribution in [0.3, 0.4) is 0 Å². The number of nitrogens with one attached hydrogen (secondary N) is 4. The minimum atomic E-state index is -1.15. The predicted molar refractivity (Wildman–Crippen MR) is 176 cm³/mol. The van der Waals surface area contributed by atoms with Crippen molar-refractivity contribution in [1.82, 2.24) is 26.4 Å². The van der Waals surface area contributed by atoms with E-state index < -0.39 is 41.3 Å². The lowest BCUT2D eigenvalue weighted by atomic mass is 10.0. The zero-order valence-corrected chi connectivity index (χ0v) is 27.8. The fourth-order valence-electron chi connectivity index (χ4n) is 4.28. The molecule has 12 nitrogen and oxygen atoms in total. The Morgan fingerprint density at radius 1 is 1.00 bits per heavy atom. The van der Waals surface area contributed by atoms with Crippen molar-refractivity contribution < 1.29 is 28.4 Å². The maximum Gasteiger partial charge on any atom is 0.274 e. The van der Waals surface area contributed by atoms with Crippen LogP contribution in [0.1, 0.15) is 67.6 Å². The molecule has 47 heavy (non-hydrogen) atoms. The monoisotopic (exact) mass is 642 g/mol. The summed E-state index contributed by atoms with van der Waals surface area (Å²) >= 11 is 0. The Labute approximate surface area is 274 Å². The number of hydrogen-bond acceptors (Lipinski definition) is 8. The average molecular weight is 643 g/mol. The number of nitriles is 1. The highest BCUT2D eigenvalue weighted by atomic mass is 16.5. The summed E-state index contributed by atoms with van der Waals surface area (Å²) in [5.41, 5.74) is 1.90. The summed E-state index contributed by atoms with van der Waals surface area (Å²) in [4.78, 5) is 52.2. The molecule has 4 amide bonds. The molecule has 0 spiro atoms. The fraction of sp³-hybridized carbons (Fsp3) is 0.371. The minimum absolute atomic E-state index is 0.0287. The van der Waals surface area contributed by atoms with Crippen LogP contribution < -0.4 is 26.0 Å². The van der Waals surface area contributed by atoms with E-state index in [0.29, 0.717) is 17.1 Å². The van der Waals surface area contributed by atoms with Crippen LogP contribution >= 0.6 is 0 Å². The molecule has 248 valence electrons. The van der Waals surface area contributed by atoms with Gasteiger partial charge in [-0.3, -0.25) is 19.2 Å². The van der Waals surface area contributed by atoms with E-state index in [9.17, 15) is 24.4 Å². The zero-order valence-electron chi connectivity index (χ0n) is 27.8. The third kappa shape index (κ3) is 11.5. The normalized spacial score (nSPS) is 12.8. The topological polar surface area (TPSA) is 175 Å². The van der Waals surface area contributed by atoms with E-state index in [1.165, 1.54) is 12.1 Å². The number of carbonyl (C=O) groups excluding carboxylic acids is 4. The number of hydrogen-bond donors (Lipinski definition) is 4. The van der Waals surface area contributed by atoms with Crippen LogP contribution in [0, 0.1) is 31.1 Å². The Bertz CT molecular complexity index is 1650. The highest BCUT2D eigenvalue weighted by Gasteiger charge is 2.30. The van der Waals surface area contributed by atoms with Crippen molar-refractivity contribution in [2.24, 2.45) is 5.92 Å². The highest BCUT2D eigenvalue weighted by molar-refractivity contribution is 6.02. The lowest BCUT2D eigenvalue weighted by Gasteiger charge is -2.25. The highest BCUT2D eigenvalue weighted by Crippen LogP contribution is 2.17. The van der Waals surface area contributed by atoms with Crippen molar-refractivity contribution in [2.75, 3.05) is 6.61 Å². The van der Waals surface area contributed by atoms with E-state index in [1.54, 1.807) is 45.0 Å². The molecule has 1 aromatic heterocycles. The van der Waals surface area contributed by atoms with Crippen LogP contribution in [-0.4, -0.2) is 53.0 Å². The Morgan fingerprint density at radius 3 is 2.30 bits per heavy atom. The van der Waals surface area contributed by atoms with Crippen molar-refractivity contribution in [3.63, 3.8) is 0 Å². The summed E-state index contributed by atoms with van der Waals surface area (Å²) in [7, 11) is 0. The van der Waals surface area contributed by atoms with Gasteiger partial charge in [0.25, 0.3) is 11.8 Å². The smallest absolute Gasteiger partial charge is 0.274 e. The molecule has 0 aliphatic carbocycles. The summed E-state index contributed by atoms with van der Waals surface area (Å²) in [6.07, 6.45) is 1.44. The van der Waals surface area contributed by atoms with Crippen molar-refractivity contribution in [1.29, 1.82) is 5.26 Å². The molecule has 2 unspecified atom stereocenters. The first kappa shape index (κ1) is 36.0. The number of benzene rings is 2. The van der Waals surface area contributed by atoms with Crippen LogP contribution in [0.15, 0.2) is 64.7 Å². The quantitative estimate of drug-likeness (QED) is 0.161. The van der Waals surface area contributed by atoms with Gasteiger partial charge < -0.3 is 30.5 Å². The van der Waals surface area contributed by atoms with E-state index in [2.05, 4.69) is 26.4 Å². The van der Waals surface area contributed by atoms with Gasteiger partial charge in [-0.15, -0.1) is 0 Å². The number of ether oxygens (including phenoxy) is 1. The summed E-state index contributed by atoms with van der Waals surface area (Å²) in [5.74, 6) is -1.74. The molecule has 0 radical (unpaired) electrons. The SMILES string of the molecule is Cc1ccc(CNC(=O)C(COc2cccc(C=C(C#N)C(=O)NC(C)(C)C)c2)NC(=O)C(NC(=O)c2cc(C)on2)C(C)C)cc1. The molecule has 2 aromatic carbocycles. The van der Waals surface area contributed by atoms with Gasteiger partial charge >= 0.3 is 0 Å². The van der Waals surface area contributed by atoms with Gasteiger partial charge in [0, 0.05) is 18.2 Å². The van der Waals surface area contributed by atoms with E-state index >= 15 is 0 Å². The molecule has 1 heterocycles. The van der Waals surface area contributed by atoms with Crippen molar-refractivity contribution >= 4 is 29.7 Å². The second-order valence-corrected chi connectivity index (χ2v) is 12.5. The number of aryl methyl sites for hydroxylation is 2. The van der Waals surface area contributed by atoms with E-state index in [1.807, 2.05) is 58.0 Å². The molecule has 0 aliphatic heterocycles. The standard InChI is InChI=1S/C35H42N6O6/c1-21(2)30(39-33(44)28-15-23(4)47-41-28)34(45)38-29(32(43)37-19-24-13-11-22(3)12-14-24)20-46-27-10-8-9-25(17-27)16-26(18-36)31(42)40-35(5,6)7/h8-17,21,29-30H,19-20H2,1-7H3,(H,37,43)(H,38,45)(H,39,44)(H,40,42). The molecular formula is C35H42N6O6. The van der Waals surface area contributed by atoms with Crippen molar-refractivity contribution in [3.05, 3.63) is 88.3 Å². The predicted octanol–water partition coefficient (Wildman–Crippen LogP) is 3.75. The molecule has 4 N–H and O–H groups in total. The van der Waals surface area contributed by atoms with Gasteiger partial charge in [0.1, 0.15) is 41.8 Å². The largest absolute Gasteiger partial charge is 0.491 e. The number of aromatic nitrogens is 1. The van der Waals surface area contributed by atoms with Gasteiger partial charge in [-0.25, -0.2) is 0 Å². The first-order valence-electron chi connectivity index (χ1n) is 15.2. The number of nitrogens with zero attached hydrogens (tertiary/aromatic N) is 2. The third-order valence-electron chi connectivity index (χ3n) is 6.76. The lowest BCUT2D eigenvalue weighted by molar-refractivity contribution is -0.131. The Balaban J connectivity index is 1.79. The van der Waals surface area contributed by atoms with Gasteiger partial charge in [-0.1, -0.05) is 61.0 Å². The van der Waals surface area contributed by atoms with Gasteiger partial charge in [-0.05, 0) is 69.9 Å². The van der Waals surface area contributed by atoms with Gasteiger partial charge in [0.15, 0.2) is 5.69 Å². The Morgan fingerprint density at radius 2 is 1.70 bits per heavy atom. The van der Waals surface area contributed by atoms with E-state index in [-0.39, 0.29) is 30.3 Å². The summed E-state index contributed by atoms with van der Waals surface area (Å²) in [6.45, 7) is 12.5. The maximum absolute atomic E-state index is 13.5. The van der Waals surface area contributed by atoms with Gasteiger partial charge in [-0.2, -0.15) is 5.26 Å². The van der Waals surface area contributed by atoms with Crippen LogP contribution in [0.4, 0.5) is 0 Å². The lowest BCUT2D eigenvalue weighted by Crippen LogP contribution is -2.57. The second kappa shape index (κ2) is 16.2. The number of carbonyl (C=O) groups is 4. The molecule has 3 aromatic rings. The minimum Gasteiger partial charge on any atom is -0.491 e. The molecular weight excluding hydrogens is 600 g/mol. The molecule has 0 saturated heterocycles. The maximum atomic E-state index is 13.5. The summed E-state index contributed by atoms with van der Waals surface area (Å²) < 4.78 is 10.9. The van der Waals surface area contributed by atoms with E-state index in [4.69, 9.17) is 9.26 Å². The van der Waals surface area contributed by atoms with Gasteiger partial charge in [0.05, 0.1) is 0 Å². The fourth-order valence-corrected chi connectivity index (χ4v) is 4.28. The average Bonchev–Trinajstić information content (AvgIpc) is 3.45. The first-order valence-corrected chi connectivity index (χ1v) is 15.2. The van der Waals surface area contributed by atoms with Gasteiger partial charge in [0.2, 0.25) is 11.8 Å². The first-order chi connectivity index (χ1) is 22.1. The van der Waals surface area contributed by atoms with Crippen LogP contribution in [-0.2, 0) is 20.9 Å². The second-order valence-electron chi connectivity index (χ2n) is 12.5.